The topological polar surface area (TPSA) is 34.0 Å². The van der Waals surface area contributed by atoms with Crippen LogP contribution in [0, 0.1) is 0 Å². The third kappa shape index (κ3) is 5.47. The van der Waals surface area contributed by atoms with E-state index in [1.54, 1.807) is 0 Å². The van der Waals surface area contributed by atoms with Crippen molar-refractivity contribution in [2.75, 3.05) is 4.90 Å². The summed E-state index contributed by atoms with van der Waals surface area (Å²) in [5, 5.41) is 5.78. The highest BCUT2D eigenvalue weighted by molar-refractivity contribution is 7.99. The van der Waals surface area contributed by atoms with Crippen molar-refractivity contribution < 1.29 is 0 Å². The minimum atomic E-state index is 0.643. The number of hydrogen-bond acceptors (Lipinski definition) is 4. The van der Waals surface area contributed by atoms with Crippen LogP contribution in [0.15, 0.2) is 216 Å². The lowest BCUT2D eigenvalue weighted by molar-refractivity contribution is 1.01. The maximum absolute atomic E-state index is 5.50. The van der Waals surface area contributed by atoms with Crippen molar-refractivity contribution in [2.24, 2.45) is 0 Å². The predicted octanol–water partition coefficient (Wildman–Crippen LogP) is 14.8. The highest BCUT2D eigenvalue weighted by atomic mass is 32.2. The number of aromatic nitrogens is 3. The Kier molecular flexibility index (Phi) is 7.75. The van der Waals surface area contributed by atoms with Crippen LogP contribution in [0.4, 0.5) is 17.1 Å². The van der Waals surface area contributed by atoms with Gasteiger partial charge in [-0.1, -0.05) is 157 Å². The molecule has 5 heteroatoms. The lowest BCUT2D eigenvalue weighted by Gasteiger charge is -2.33. The summed E-state index contributed by atoms with van der Waals surface area (Å²) >= 11 is 1.83. The molecule has 4 nitrogen and oxygen atoms in total. The number of anilines is 3. The quantitative estimate of drug-likeness (QED) is 0.175. The summed E-state index contributed by atoms with van der Waals surface area (Å²) in [6.07, 6.45) is 0. The molecule has 276 valence electrons. The maximum atomic E-state index is 5.50. The van der Waals surface area contributed by atoms with Crippen molar-refractivity contribution in [1.29, 1.82) is 0 Å². The zero-order chi connectivity index (χ0) is 38.9. The molecule has 0 saturated carbocycles. The van der Waals surface area contributed by atoms with Crippen molar-refractivity contribution >= 4 is 72.3 Å². The Labute approximate surface area is 345 Å². The van der Waals surface area contributed by atoms with Gasteiger partial charge in [-0.25, -0.2) is 9.97 Å². The molecule has 0 spiro atoms. The van der Waals surface area contributed by atoms with Crippen molar-refractivity contribution in [2.45, 2.75) is 9.79 Å². The van der Waals surface area contributed by atoms with Gasteiger partial charge in [0.1, 0.15) is 0 Å². The van der Waals surface area contributed by atoms with Crippen LogP contribution in [0.25, 0.3) is 82.9 Å². The third-order valence-corrected chi connectivity index (χ3v) is 12.7. The zero-order valence-electron chi connectivity index (χ0n) is 31.8. The van der Waals surface area contributed by atoms with Crippen LogP contribution < -0.4 is 4.90 Å². The molecule has 0 N–H and O–H groups in total. The van der Waals surface area contributed by atoms with Gasteiger partial charge in [0.25, 0.3) is 0 Å². The average Bonchev–Trinajstić information content (AvgIpc) is 3.66. The summed E-state index contributed by atoms with van der Waals surface area (Å²) in [6.45, 7) is 0. The molecule has 2 aromatic heterocycles. The Hall–Kier alpha value is -7.47. The Morgan fingerprint density at radius 3 is 2.00 bits per heavy atom. The number of nitrogens with zero attached hydrogens (tertiary/aromatic N) is 4. The molecule has 0 aliphatic carbocycles. The van der Waals surface area contributed by atoms with E-state index >= 15 is 0 Å². The molecule has 0 amide bonds. The van der Waals surface area contributed by atoms with E-state index in [1.807, 2.05) is 11.8 Å². The van der Waals surface area contributed by atoms with E-state index < -0.39 is 0 Å². The standard InChI is InChI=1S/C54H34N4S/c1-3-15-35(16-4-1)37-18-13-19-39(33-37)53-43-23-9-10-25-44(43)55-54(56-53)58-46-27-14-24-42(52(46)51-41-22-8-7-17-36(41)29-31-47(51)58)38-30-32-50-48(34-38)57(40-20-5-2-6-21-40)45-26-11-12-28-49(45)59-50/h1-34H. The van der Waals surface area contributed by atoms with Gasteiger partial charge in [-0.05, 0) is 93.7 Å². The van der Waals surface area contributed by atoms with E-state index in [1.165, 1.54) is 53.8 Å². The molecule has 12 rings (SSSR count). The summed E-state index contributed by atoms with van der Waals surface area (Å²) in [4.78, 5) is 15.7. The van der Waals surface area contributed by atoms with Gasteiger partial charge in [-0.15, -0.1) is 0 Å². The number of fused-ring (bicyclic) bond motifs is 8. The summed E-state index contributed by atoms with van der Waals surface area (Å²) < 4.78 is 2.28. The third-order valence-electron chi connectivity index (χ3n) is 11.6. The van der Waals surface area contributed by atoms with E-state index in [0.29, 0.717) is 5.95 Å². The molecule has 3 heterocycles. The van der Waals surface area contributed by atoms with Gasteiger partial charge < -0.3 is 4.90 Å². The van der Waals surface area contributed by atoms with E-state index in [9.17, 15) is 0 Å². The van der Waals surface area contributed by atoms with Gasteiger partial charge >= 0.3 is 0 Å². The van der Waals surface area contributed by atoms with Crippen LogP contribution in [0.3, 0.4) is 0 Å². The lowest BCUT2D eigenvalue weighted by atomic mass is 9.96. The van der Waals surface area contributed by atoms with Crippen LogP contribution in [0.1, 0.15) is 0 Å². The number of benzene rings is 9. The molecular formula is C54H34N4S. The van der Waals surface area contributed by atoms with Crippen LogP contribution in [0.5, 0.6) is 0 Å². The molecule has 1 aliphatic rings. The highest BCUT2D eigenvalue weighted by Gasteiger charge is 2.27. The molecule has 1 aliphatic heterocycles. The van der Waals surface area contributed by atoms with E-state index in [-0.39, 0.29) is 0 Å². The fourth-order valence-electron chi connectivity index (χ4n) is 8.92. The summed E-state index contributed by atoms with van der Waals surface area (Å²) in [5.41, 5.74) is 13.1. The molecule has 0 radical (unpaired) electrons. The van der Waals surface area contributed by atoms with Gasteiger partial charge in [0.15, 0.2) is 0 Å². The summed E-state index contributed by atoms with van der Waals surface area (Å²) in [5.74, 6) is 0.643. The first-order chi connectivity index (χ1) is 29.3. The van der Waals surface area contributed by atoms with Crippen LogP contribution in [-0.4, -0.2) is 14.5 Å². The van der Waals surface area contributed by atoms with Crippen LogP contribution >= 0.6 is 11.8 Å². The van der Waals surface area contributed by atoms with Crippen molar-refractivity contribution in [1.82, 2.24) is 14.5 Å². The zero-order valence-corrected chi connectivity index (χ0v) is 32.6. The first kappa shape index (κ1) is 33.6. The van der Waals surface area contributed by atoms with E-state index in [2.05, 4.69) is 216 Å². The van der Waals surface area contributed by atoms with Crippen LogP contribution in [0.2, 0.25) is 0 Å². The van der Waals surface area contributed by atoms with Gasteiger partial charge in [-0.3, -0.25) is 4.57 Å². The molecule has 0 atom stereocenters. The monoisotopic (exact) mass is 770 g/mol. The first-order valence-electron chi connectivity index (χ1n) is 19.9. The summed E-state index contributed by atoms with van der Waals surface area (Å²) in [6, 6.07) is 73.8. The second-order valence-corrected chi connectivity index (χ2v) is 16.1. The van der Waals surface area contributed by atoms with Crippen LogP contribution in [-0.2, 0) is 0 Å². The van der Waals surface area contributed by atoms with Crippen molar-refractivity contribution in [3.05, 3.63) is 206 Å². The Morgan fingerprint density at radius 1 is 0.407 bits per heavy atom. The smallest absolute Gasteiger partial charge is 0.235 e. The molecule has 9 aromatic carbocycles. The fraction of sp³-hybridized carbons (Fsp3) is 0. The normalized spacial score (nSPS) is 12.3. The second-order valence-electron chi connectivity index (χ2n) is 15.0. The van der Waals surface area contributed by atoms with Gasteiger partial charge in [0, 0.05) is 37.2 Å². The molecule has 0 saturated heterocycles. The number of hydrogen-bond donors (Lipinski definition) is 0. The van der Waals surface area contributed by atoms with Gasteiger partial charge in [0.05, 0.1) is 33.6 Å². The molecule has 0 bridgehead atoms. The Morgan fingerprint density at radius 2 is 1.10 bits per heavy atom. The molecule has 11 aromatic rings. The number of rotatable bonds is 5. The largest absolute Gasteiger partial charge is 0.308 e. The first-order valence-corrected chi connectivity index (χ1v) is 20.7. The maximum Gasteiger partial charge on any atom is 0.235 e. The minimum Gasteiger partial charge on any atom is -0.308 e. The molecular weight excluding hydrogens is 737 g/mol. The minimum absolute atomic E-state index is 0.643. The van der Waals surface area contributed by atoms with Gasteiger partial charge in [-0.2, -0.15) is 0 Å². The predicted molar refractivity (Wildman–Crippen MR) is 246 cm³/mol. The average molecular weight is 771 g/mol. The lowest BCUT2D eigenvalue weighted by Crippen LogP contribution is -2.14. The summed E-state index contributed by atoms with van der Waals surface area (Å²) in [7, 11) is 0. The van der Waals surface area contributed by atoms with Crippen molar-refractivity contribution in [3.8, 4) is 39.5 Å². The van der Waals surface area contributed by atoms with E-state index in [4.69, 9.17) is 9.97 Å². The SMILES string of the molecule is c1ccc(-c2cccc(-c3nc(-n4c5cccc(-c6ccc7c(c6)N(c6ccccc6)c6ccccc6S7)c5c5c6ccccc6ccc54)nc4ccccc34)c2)cc1. The van der Waals surface area contributed by atoms with Gasteiger partial charge in [0.2, 0.25) is 5.95 Å². The molecule has 0 unspecified atom stereocenters. The van der Waals surface area contributed by atoms with E-state index in [0.717, 1.165) is 50.0 Å². The Balaban J connectivity index is 1.11. The fourth-order valence-corrected chi connectivity index (χ4v) is 9.96. The number of para-hydroxylation sites is 3. The Bertz CT molecular complexity index is 3430. The molecule has 59 heavy (non-hydrogen) atoms. The molecule has 0 fully saturated rings. The van der Waals surface area contributed by atoms with Crippen molar-refractivity contribution in [3.63, 3.8) is 0 Å². The second kappa shape index (κ2) is 13.6. The highest BCUT2D eigenvalue weighted by Crippen LogP contribution is 2.53.